The lowest BCUT2D eigenvalue weighted by Gasteiger charge is -2.01. The van der Waals surface area contributed by atoms with Crippen molar-refractivity contribution in [1.82, 2.24) is 9.78 Å². The number of aromatic nitrogens is 2. The zero-order chi connectivity index (χ0) is 11.3. The van der Waals surface area contributed by atoms with Gasteiger partial charge in [-0.3, -0.25) is 9.48 Å². The van der Waals surface area contributed by atoms with Gasteiger partial charge in [0.25, 0.3) is 0 Å². The van der Waals surface area contributed by atoms with Crippen molar-refractivity contribution in [2.24, 2.45) is 0 Å². The molecule has 15 heavy (non-hydrogen) atoms. The predicted molar refractivity (Wildman–Crippen MR) is 61.0 cm³/mol. The van der Waals surface area contributed by atoms with Crippen LogP contribution in [-0.4, -0.2) is 15.6 Å². The fourth-order valence-corrected chi connectivity index (χ4v) is 1.47. The smallest absolute Gasteiger partial charge is 0.181 e. The first-order valence-electron chi connectivity index (χ1n) is 5.43. The Kier molecular flexibility index (Phi) is 4.28. The number of aryl methyl sites for hydroxylation is 2. The van der Waals surface area contributed by atoms with E-state index in [0.29, 0.717) is 6.42 Å². The van der Waals surface area contributed by atoms with Crippen LogP contribution in [0.25, 0.3) is 0 Å². The lowest BCUT2D eigenvalue weighted by atomic mass is 10.1. The zero-order valence-electron chi connectivity index (χ0n) is 9.49. The van der Waals surface area contributed by atoms with Gasteiger partial charge in [-0.05, 0) is 25.8 Å². The molecule has 82 valence electrons. The summed E-state index contributed by atoms with van der Waals surface area (Å²) in [6.45, 7) is 8.40. The molecule has 3 heteroatoms. The Morgan fingerprint density at radius 3 is 2.87 bits per heavy atom. The maximum absolute atomic E-state index is 11.8. The molecule has 0 amide bonds. The van der Waals surface area contributed by atoms with Crippen LogP contribution in [0.4, 0.5) is 0 Å². The number of allylic oxidation sites excluding steroid dienone is 1. The van der Waals surface area contributed by atoms with Crippen molar-refractivity contribution in [1.29, 1.82) is 0 Å². The topological polar surface area (TPSA) is 34.9 Å². The summed E-state index contributed by atoms with van der Waals surface area (Å²) in [5, 5.41) is 4.35. The first-order chi connectivity index (χ1) is 7.22. The highest BCUT2D eigenvalue weighted by Crippen LogP contribution is 2.09. The van der Waals surface area contributed by atoms with Crippen LogP contribution in [0.2, 0.25) is 0 Å². The van der Waals surface area contributed by atoms with Crippen LogP contribution < -0.4 is 0 Å². The molecule has 0 N–H and O–H groups in total. The lowest BCUT2D eigenvalue weighted by Crippen LogP contribution is -2.09. The van der Waals surface area contributed by atoms with Crippen LogP contribution in [0, 0.1) is 0 Å². The molecule has 0 spiro atoms. The molecule has 0 aliphatic rings. The molecule has 0 bridgehead atoms. The van der Waals surface area contributed by atoms with Gasteiger partial charge in [-0.1, -0.05) is 13.0 Å². The van der Waals surface area contributed by atoms with Crippen LogP contribution in [0.1, 0.15) is 42.9 Å². The van der Waals surface area contributed by atoms with Gasteiger partial charge in [0.05, 0.1) is 5.69 Å². The molecule has 3 nitrogen and oxygen atoms in total. The fourth-order valence-electron chi connectivity index (χ4n) is 1.47. The van der Waals surface area contributed by atoms with E-state index in [2.05, 4.69) is 11.7 Å². The number of hydrogen-bond donors (Lipinski definition) is 0. The molecular formula is C12H18N2O. The first-order valence-corrected chi connectivity index (χ1v) is 5.43. The summed E-state index contributed by atoms with van der Waals surface area (Å²) in [5.74, 6) is 0.156. The minimum absolute atomic E-state index is 0.156. The third-order valence-corrected chi connectivity index (χ3v) is 2.35. The molecule has 0 aliphatic heterocycles. The van der Waals surface area contributed by atoms with E-state index >= 15 is 0 Å². The van der Waals surface area contributed by atoms with Crippen molar-refractivity contribution in [2.75, 3.05) is 0 Å². The van der Waals surface area contributed by atoms with Crippen molar-refractivity contribution in [2.45, 2.75) is 39.7 Å². The van der Waals surface area contributed by atoms with Gasteiger partial charge in [-0.15, -0.1) is 6.58 Å². The monoisotopic (exact) mass is 206 g/mol. The van der Waals surface area contributed by atoms with Crippen LogP contribution >= 0.6 is 0 Å². The molecule has 0 aliphatic carbocycles. The maximum atomic E-state index is 11.8. The highest BCUT2D eigenvalue weighted by molar-refractivity contribution is 5.94. The Labute approximate surface area is 90.8 Å². The number of ketones is 1. The largest absolute Gasteiger partial charge is 0.292 e. The normalized spacial score (nSPS) is 10.3. The van der Waals surface area contributed by atoms with Crippen LogP contribution in [0.5, 0.6) is 0 Å². The summed E-state index contributed by atoms with van der Waals surface area (Å²) >= 11 is 0. The Morgan fingerprint density at radius 2 is 2.33 bits per heavy atom. The Bertz CT molecular complexity index is 353. The second-order valence-electron chi connectivity index (χ2n) is 3.44. The third kappa shape index (κ3) is 2.78. The van der Waals surface area contributed by atoms with Gasteiger partial charge in [0, 0.05) is 13.0 Å². The van der Waals surface area contributed by atoms with E-state index < -0.39 is 0 Å². The number of carbonyl (C=O) groups excluding carboxylic acids is 1. The van der Waals surface area contributed by atoms with E-state index in [1.165, 1.54) is 0 Å². The molecule has 1 aromatic heterocycles. The Hall–Kier alpha value is -1.38. The molecule has 0 radical (unpaired) electrons. The highest BCUT2D eigenvalue weighted by atomic mass is 16.1. The molecule has 0 fully saturated rings. The van der Waals surface area contributed by atoms with Crippen LogP contribution in [0.3, 0.4) is 0 Å². The van der Waals surface area contributed by atoms with Gasteiger partial charge < -0.3 is 0 Å². The van der Waals surface area contributed by atoms with E-state index in [1.807, 2.05) is 19.9 Å². The zero-order valence-corrected chi connectivity index (χ0v) is 9.49. The Morgan fingerprint density at radius 1 is 1.60 bits per heavy atom. The molecule has 0 unspecified atom stereocenters. The van der Waals surface area contributed by atoms with E-state index in [1.54, 1.807) is 10.8 Å². The molecule has 1 aromatic rings. The van der Waals surface area contributed by atoms with Gasteiger partial charge in [-0.25, -0.2) is 0 Å². The quantitative estimate of drug-likeness (QED) is 0.529. The van der Waals surface area contributed by atoms with E-state index in [-0.39, 0.29) is 5.78 Å². The average molecular weight is 206 g/mol. The minimum atomic E-state index is 0.156. The summed E-state index contributed by atoms with van der Waals surface area (Å²) in [4.78, 5) is 11.8. The summed E-state index contributed by atoms with van der Waals surface area (Å²) in [6.07, 6.45) is 3.90. The van der Waals surface area contributed by atoms with Crippen LogP contribution in [0.15, 0.2) is 18.7 Å². The second kappa shape index (κ2) is 5.49. The van der Waals surface area contributed by atoms with E-state index in [9.17, 15) is 4.79 Å². The summed E-state index contributed by atoms with van der Waals surface area (Å²) in [6, 6.07) is 1.90. The van der Waals surface area contributed by atoms with Crippen molar-refractivity contribution in [3.8, 4) is 0 Å². The minimum Gasteiger partial charge on any atom is -0.292 e. The summed E-state index contributed by atoms with van der Waals surface area (Å²) in [5.41, 5.74) is 1.72. The van der Waals surface area contributed by atoms with Crippen molar-refractivity contribution >= 4 is 5.78 Å². The summed E-state index contributed by atoms with van der Waals surface area (Å²) < 4.78 is 1.78. The molecule has 1 heterocycles. The fraction of sp³-hybridized carbons (Fsp3) is 0.500. The van der Waals surface area contributed by atoms with Gasteiger partial charge in [0.2, 0.25) is 0 Å². The number of hydrogen-bond acceptors (Lipinski definition) is 2. The average Bonchev–Trinajstić information content (AvgIpc) is 2.69. The second-order valence-corrected chi connectivity index (χ2v) is 3.44. The molecule has 0 saturated carbocycles. The van der Waals surface area contributed by atoms with Crippen LogP contribution in [-0.2, 0) is 13.0 Å². The lowest BCUT2D eigenvalue weighted by molar-refractivity contribution is 0.0973. The van der Waals surface area contributed by atoms with Gasteiger partial charge in [0.1, 0.15) is 5.69 Å². The number of carbonyl (C=O) groups is 1. The maximum Gasteiger partial charge on any atom is 0.181 e. The van der Waals surface area contributed by atoms with Gasteiger partial charge >= 0.3 is 0 Å². The SMILES string of the molecule is C=CCCC(=O)c1cc(CC)nn1CC. The number of nitrogens with zero attached hydrogens (tertiary/aromatic N) is 2. The van der Waals surface area contributed by atoms with Gasteiger partial charge in [-0.2, -0.15) is 5.10 Å². The number of Topliss-reactive ketones (excluding diaryl/α,β-unsaturated/α-hetero) is 1. The van der Waals surface area contributed by atoms with Crippen molar-refractivity contribution < 1.29 is 4.79 Å². The highest BCUT2D eigenvalue weighted by Gasteiger charge is 2.12. The number of rotatable bonds is 6. The molecule has 0 atom stereocenters. The third-order valence-electron chi connectivity index (χ3n) is 2.35. The standard InChI is InChI=1S/C12H18N2O/c1-4-7-8-12(15)11-9-10(5-2)13-14(11)6-3/h4,9H,1,5-8H2,2-3H3. The predicted octanol–water partition coefficient (Wildman–Crippen LogP) is 2.61. The molecular weight excluding hydrogens is 188 g/mol. The van der Waals surface area contributed by atoms with Gasteiger partial charge in [0.15, 0.2) is 5.78 Å². The first kappa shape index (κ1) is 11.7. The Balaban J connectivity index is 2.86. The van der Waals surface area contributed by atoms with Crippen molar-refractivity contribution in [3.05, 3.63) is 30.1 Å². The van der Waals surface area contributed by atoms with E-state index in [0.717, 1.165) is 30.8 Å². The molecule has 0 saturated heterocycles. The van der Waals surface area contributed by atoms with E-state index in [4.69, 9.17) is 0 Å². The van der Waals surface area contributed by atoms with Crippen molar-refractivity contribution in [3.63, 3.8) is 0 Å². The summed E-state index contributed by atoms with van der Waals surface area (Å²) in [7, 11) is 0. The molecule has 1 rings (SSSR count). The molecule has 0 aromatic carbocycles.